The van der Waals surface area contributed by atoms with Crippen LogP contribution in [-0.2, 0) is 0 Å². The lowest BCUT2D eigenvalue weighted by Crippen LogP contribution is -2.18. The third-order valence-corrected chi connectivity index (χ3v) is 3.75. The molecular formula is C19H13FN6O. The maximum absolute atomic E-state index is 14.0. The number of halogens is 1. The van der Waals surface area contributed by atoms with E-state index in [1.54, 1.807) is 42.6 Å². The first-order valence-corrected chi connectivity index (χ1v) is 8.07. The van der Waals surface area contributed by atoms with E-state index in [0.29, 0.717) is 17.3 Å². The minimum atomic E-state index is -0.477. The summed E-state index contributed by atoms with van der Waals surface area (Å²) >= 11 is 0. The number of rotatable bonds is 4. The molecule has 3 heterocycles. The summed E-state index contributed by atoms with van der Waals surface area (Å²) in [5, 5.41) is 6.73. The molecule has 0 radical (unpaired) electrons. The van der Waals surface area contributed by atoms with Crippen LogP contribution in [0.25, 0.3) is 17.2 Å². The fraction of sp³-hybridized carbons (Fsp3) is 0. The number of aromatic nitrogens is 5. The maximum atomic E-state index is 14.0. The minimum absolute atomic E-state index is 0.179. The van der Waals surface area contributed by atoms with Crippen LogP contribution in [0, 0.1) is 5.82 Å². The molecule has 3 aromatic heterocycles. The molecule has 1 amide bonds. The Balaban J connectivity index is 1.61. The molecule has 0 aliphatic heterocycles. The van der Waals surface area contributed by atoms with E-state index in [1.807, 2.05) is 6.07 Å². The van der Waals surface area contributed by atoms with Crippen LogP contribution in [0.1, 0.15) is 10.5 Å². The van der Waals surface area contributed by atoms with E-state index in [0.717, 1.165) is 0 Å². The van der Waals surface area contributed by atoms with Crippen molar-refractivity contribution in [1.82, 2.24) is 24.7 Å². The van der Waals surface area contributed by atoms with Gasteiger partial charge in [-0.1, -0.05) is 18.2 Å². The molecule has 0 aliphatic carbocycles. The van der Waals surface area contributed by atoms with Crippen molar-refractivity contribution in [2.75, 3.05) is 5.32 Å². The van der Waals surface area contributed by atoms with Crippen molar-refractivity contribution >= 4 is 11.7 Å². The van der Waals surface area contributed by atoms with Gasteiger partial charge in [-0.25, -0.2) is 19.0 Å². The molecule has 1 N–H and O–H groups in total. The molecule has 7 nitrogen and oxygen atoms in total. The molecule has 0 unspecified atom stereocenters. The second kappa shape index (κ2) is 7.12. The van der Waals surface area contributed by atoms with Gasteiger partial charge in [0.1, 0.15) is 28.7 Å². The van der Waals surface area contributed by atoms with Crippen molar-refractivity contribution in [3.8, 4) is 17.2 Å². The number of para-hydroxylation sites is 1. The second-order valence-electron chi connectivity index (χ2n) is 5.51. The molecule has 0 saturated heterocycles. The summed E-state index contributed by atoms with van der Waals surface area (Å²) in [5.74, 6) is -0.260. The van der Waals surface area contributed by atoms with Crippen LogP contribution in [0.2, 0.25) is 0 Å². The fourth-order valence-electron chi connectivity index (χ4n) is 2.52. The predicted octanol–water partition coefficient (Wildman–Crippen LogP) is 3.12. The standard InChI is InChI=1S/C19H13FN6O/c20-13-5-1-2-7-15(13)26-16(8-12-23-26)19(27)25-17-9-11-22-18(24-17)14-6-3-4-10-21-14/h1-12H,(H,22,24,25,27). The summed E-state index contributed by atoms with van der Waals surface area (Å²) < 4.78 is 15.3. The molecule has 0 bridgehead atoms. The summed E-state index contributed by atoms with van der Waals surface area (Å²) in [6, 6.07) is 14.5. The van der Waals surface area contributed by atoms with Gasteiger partial charge in [-0.05, 0) is 36.4 Å². The number of amides is 1. The van der Waals surface area contributed by atoms with Gasteiger partial charge in [-0.3, -0.25) is 9.78 Å². The van der Waals surface area contributed by atoms with Gasteiger partial charge in [0.15, 0.2) is 5.82 Å². The molecule has 1 aromatic carbocycles. The van der Waals surface area contributed by atoms with Gasteiger partial charge in [0, 0.05) is 12.4 Å². The van der Waals surface area contributed by atoms with Gasteiger partial charge in [0.2, 0.25) is 0 Å². The number of hydrogen-bond donors (Lipinski definition) is 1. The Labute approximate surface area is 153 Å². The van der Waals surface area contributed by atoms with Crippen molar-refractivity contribution in [2.45, 2.75) is 0 Å². The SMILES string of the molecule is O=C(Nc1ccnc(-c2ccccn2)n1)c1ccnn1-c1ccccc1F. The lowest BCUT2D eigenvalue weighted by atomic mass is 10.3. The molecule has 0 spiro atoms. The first-order valence-electron chi connectivity index (χ1n) is 8.07. The van der Waals surface area contributed by atoms with Crippen LogP contribution < -0.4 is 5.32 Å². The van der Waals surface area contributed by atoms with E-state index < -0.39 is 11.7 Å². The minimum Gasteiger partial charge on any atom is -0.305 e. The van der Waals surface area contributed by atoms with Crippen molar-refractivity contribution < 1.29 is 9.18 Å². The first-order chi connectivity index (χ1) is 13.2. The normalized spacial score (nSPS) is 10.6. The number of hydrogen-bond acceptors (Lipinski definition) is 5. The lowest BCUT2D eigenvalue weighted by Gasteiger charge is -2.09. The number of carbonyl (C=O) groups excluding carboxylic acids is 1. The Hall–Kier alpha value is -3.94. The van der Waals surface area contributed by atoms with Crippen molar-refractivity contribution in [2.24, 2.45) is 0 Å². The van der Waals surface area contributed by atoms with Gasteiger partial charge in [-0.15, -0.1) is 0 Å². The molecular weight excluding hydrogens is 347 g/mol. The number of anilines is 1. The third-order valence-electron chi connectivity index (χ3n) is 3.75. The number of carbonyl (C=O) groups is 1. The molecule has 0 atom stereocenters. The van der Waals surface area contributed by atoms with Crippen LogP contribution >= 0.6 is 0 Å². The number of nitrogens with one attached hydrogen (secondary N) is 1. The monoisotopic (exact) mass is 360 g/mol. The van der Waals surface area contributed by atoms with E-state index in [2.05, 4.69) is 25.4 Å². The van der Waals surface area contributed by atoms with E-state index in [4.69, 9.17) is 0 Å². The Bertz CT molecular complexity index is 1100. The van der Waals surface area contributed by atoms with Gasteiger partial charge in [0.05, 0.1) is 6.20 Å². The maximum Gasteiger partial charge on any atom is 0.275 e. The first kappa shape index (κ1) is 16.5. The highest BCUT2D eigenvalue weighted by molar-refractivity contribution is 6.02. The highest BCUT2D eigenvalue weighted by Gasteiger charge is 2.16. The molecule has 27 heavy (non-hydrogen) atoms. The van der Waals surface area contributed by atoms with Crippen molar-refractivity contribution in [3.63, 3.8) is 0 Å². The van der Waals surface area contributed by atoms with Gasteiger partial charge in [-0.2, -0.15) is 5.10 Å². The second-order valence-corrected chi connectivity index (χ2v) is 5.51. The van der Waals surface area contributed by atoms with E-state index in [9.17, 15) is 9.18 Å². The average molecular weight is 360 g/mol. The van der Waals surface area contributed by atoms with Crippen LogP contribution in [0.3, 0.4) is 0 Å². The molecule has 132 valence electrons. The van der Waals surface area contributed by atoms with Crippen molar-refractivity contribution in [1.29, 1.82) is 0 Å². The quantitative estimate of drug-likeness (QED) is 0.604. The zero-order valence-corrected chi connectivity index (χ0v) is 14.0. The van der Waals surface area contributed by atoms with E-state index >= 15 is 0 Å². The summed E-state index contributed by atoms with van der Waals surface area (Å²) in [5.41, 5.74) is 0.951. The highest BCUT2D eigenvalue weighted by atomic mass is 19.1. The number of benzene rings is 1. The largest absolute Gasteiger partial charge is 0.305 e. The molecule has 4 aromatic rings. The van der Waals surface area contributed by atoms with Crippen LogP contribution in [0.5, 0.6) is 0 Å². The summed E-state index contributed by atoms with van der Waals surface area (Å²) in [6.07, 6.45) is 4.60. The lowest BCUT2D eigenvalue weighted by molar-refractivity contribution is 0.101. The van der Waals surface area contributed by atoms with Crippen LogP contribution in [0.15, 0.2) is 73.2 Å². The summed E-state index contributed by atoms with van der Waals surface area (Å²) in [6.45, 7) is 0. The van der Waals surface area contributed by atoms with E-state index in [1.165, 1.54) is 29.2 Å². The van der Waals surface area contributed by atoms with Crippen LogP contribution in [-0.4, -0.2) is 30.6 Å². The van der Waals surface area contributed by atoms with Gasteiger partial charge in [0.25, 0.3) is 5.91 Å². The predicted molar refractivity (Wildman–Crippen MR) is 96.7 cm³/mol. The zero-order chi connectivity index (χ0) is 18.6. The van der Waals surface area contributed by atoms with E-state index in [-0.39, 0.29) is 11.4 Å². The fourth-order valence-corrected chi connectivity index (χ4v) is 2.52. The Kier molecular flexibility index (Phi) is 4.36. The molecule has 0 saturated carbocycles. The topological polar surface area (TPSA) is 85.6 Å². The van der Waals surface area contributed by atoms with Crippen LogP contribution in [0.4, 0.5) is 10.2 Å². The molecule has 8 heteroatoms. The highest BCUT2D eigenvalue weighted by Crippen LogP contribution is 2.17. The van der Waals surface area contributed by atoms with Crippen molar-refractivity contribution in [3.05, 3.63) is 84.7 Å². The van der Waals surface area contributed by atoms with Gasteiger partial charge >= 0.3 is 0 Å². The average Bonchev–Trinajstić information content (AvgIpc) is 3.19. The molecule has 0 fully saturated rings. The Morgan fingerprint density at radius 1 is 0.926 bits per heavy atom. The zero-order valence-electron chi connectivity index (χ0n) is 14.0. The number of nitrogens with zero attached hydrogens (tertiary/aromatic N) is 5. The third kappa shape index (κ3) is 3.40. The summed E-state index contributed by atoms with van der Waals surface area (Å²) in [4.78, 5) is 25.3. The molecule has 0 aliphatic rings. The smallest absolute Gasteiger partial charge is 0.275 e. The summed E-state index contributed by atoms with van der Waals surface area (Å²) in [7, 11) is 0. The Morgan fingerprint density at radius 3 is 2.59 bits per heavy atom. The molecule has 4 rings (SSSR count). The van der Waals surface area contributed by atoms with Gasteiger partial charge < -0.3 is 5.32 Å². The Morgan fingerprint density at radius 2 is 1.78 bits per heavy atom. The number of pyridine rings is 1.